The Morgan fingerprint density at radius 3 is 1.15 bits per heavy atom. The molecule has 0 aliphatic heterocycles. The molecule has 0 heterocycles. The van der Waals surface area contributed by atoms with Gasteiger partial charge in [0.2, 0.25) is 0 Å². The van der Waals surface area contributed by atoms with Gasteiger partial charge >= 0.3 is 213 Å². The van der Waals surface area contributed by atoms with Crippen molar-refractivity contribution in [2.45, 2.75) is 156 Å². The SMILES string of the molecule is CCCCCCCC[PH](CCCCCCCC)(CCCCCCCC)CCCCC(=O)O[SiH3]. The van der Waals surface area contributed by atoms with E-state index in [9.17, 15) is 4.79 Å². The molecule has 0 N–H and O–H groups in total. The Morgan fingerprint density at radius 2 is 0.818 bits per heavy atom. The fourth-order valence-electron chi connectivity index (χ4n) is 5.46. The standard InChI is InChI=1S/C29H63O2PSi/c1-4-7-10-13-16-20-25-32(26-21-17-14-11-8-5-2,27-22-18-15-12-9-6-3)28-23-19-24-29(30)31-33/h32H,4-28H2,1-3,33H3. The van der Waals surface area contributed by atoms with Crippen LogP contribution >= 0.6 is 7.26 Å². The van der Waals surface area contributed by atoms with E-state index < -0.39 is 7.26 Å². The van der Waals surface area contributed by atoms with Gasteiger partial charge in [0.05, 0.1) is 0 Å². The van der Waals surface area contributed by atoms with E-state index in [0.717, 1.165) is 6.42 Å². The van der Waals surface area contributed by atoms with Crippen LogP contribution in [-0.2, 0) is 9.22 Å². The quantitative estimate of drug-likeness (QED) is 0.0671. The second-order valence-corrected chi connectivity index (χ2v) is 16.2. The molecule has 2 nitrogen and oxygen atoms in total. The van der Waals surface area contributed by atoms with Crippen molar-refractivity contribution in [3.05, 3.63) is 0 Å². The molecule has 0 radical (unpaired) electrons. The Morgan fingerprint density at radius 1 is 0.515 bits per heavy atom. The minimum absolute atomic E-state index is 0.0386. The van der Waals surface area contributed by atoms with Crippen molar-refractivity contribution in [3.8, 4) is 0 Å². The molecule has 0 atom stereocenters. The Hall–Kier alpha value is 0.117. The maximum absolute atomic E-state index is 11.7. The van der Waals surface area contributed by atoms with Crippen molar-refractivity contribution < 1.29 is 9.22 Å². The third-order valence-corrected chi connectivity index (χ3v) is 13.9. The topological polar surface area (TPSA) is 26.3 Å². The molecule has 0 saturated heterocycles. The third-order valence-electron chi connectivity index (χ3n) is 7.75. The summed E-state index contributed by atoms with van der Waals surface area (Å²) in [5.41, 5.74) is 0. The van der Waals surface area contributed by atoms with Gasteiger partial charge in [0.1, 0.15) is 0 Å². The van der Waals surface area contributed by atoms with E-state index in [-0.39, 0.29) is 5.97 Å². The van der Waals surface area contributed by atoms with E-state index in [4.69, 9.17) is 4.43 Å². The summed E-state index contributed by atoms with van der Waals surface area (Å²) in [6.45, 7) is 6.94. The zero-order chi connectivity index (χ0) is 24.5. The monoisotopic (exact) mass is 502 g/mol. The first kappa shape index (κ1) is 33.1. The molecule has 0 aliphatic carbocycles. The van der Waals surface area contributed by atoms with Crippen LogP contribution in [0.5, 0.6) is 0 Å². The fourth-order valence-corrected chi connectivity index (χ4v) is 11.2. The van der Waals surface area contributed by atoms with Gasteiger partial charge in [-0.1, -0.05) is 0 Å². The molecular formula is C29H63O2PSi. The first-order chi connectivity index (χ1) is 16.1. The van der Waals surface area contributed by atoms with Crippen LogP contribution in [0.15, 0.2) is 0 Å². The van der Waals surface area contributed by atoms with E-state index in [1.165, 1.54) is 128 Å². The predicted molar refractivity (Wildman–Crippen MR) is 158 cm³/mol. The molecule has 0 aromatic rings. The molecule has 33 heavy (non-hydrogen) atoms. The van der Waals surface area contributed by atoms with Crippen molar-refractivity contribution >= 4 is 23.7 Å². The third kappa shape index (κ3) is 21.1. The maximum atomic E-state index is 11.7. The summed E-state index contributed by atoms with van der Waals surface area (Å²) >= 11 is 0. The summed E-state index contributed by atoms with van der Waals surface area (Å²) in [4.78, 5) is 11.7. The van der Waals surface area contributed by atoms with Crippen molar-refractivity contribution in [1.29, 1.82) is 0 Å². The van der Waals surface area contributed by atoms with Gasteiger partial charge in [-0.05, 0) is 0 Å². The van der Waals surface area contributed by atoms with Gasteiger partial charge in [0, 0.05) is 0 Å². The number of hydrogen-bond donors (Lipinski definition) is 0. The molecule has 0 aromatic carbocycles. The summed E-state index contributed by atoms with van der Waals surface area (Å²) in [6, 6.07) is 0. The Labute approximate surface area is 213 Å². The minimum atomic E-state index is -1.23. The number of rotatable bonds is 26. The van der Waals surface area contributed by atoms with Crippen molar-refractivity contribution in [2.75, 3.05) is 24.6 Å². The van der Waals surface area contributed by atoms with Crippen molar-refractivity contribution in [2.24, 2.45) is 0 Å². The van der Waals surface area contributed by atoms with Crippen LogP contribution in [0.25, 0.3) is 0 Å². The molecule has 0 aliphatic rings. The Balaban J connectivity index is 4.82. The van der Waals surface area contributed by atoms with Gasteiger partial charge in [-0.2, -0.15) is 0 Å². The molecule has 4 heteroatoms. The van der Waals surface area contributed by atoms with E-state index >= 15 is 0 Å². The van der Waals surface area contributed by atoms with Gasteiger partial charge in [-0.25, -0.2) is 0 Å². The zero-order valence-electron chi connectivity index (χ0n) is 23.5. The number of unbranched alkanes of at least 4 members (excludes halogenated alkanes) is 16. The van der Waals surface area contributed by atoms with Crippen LogP contribution in [0.1, 0.15) is 156 Å². The van der Waals surface area contributed by atoms with Crippen LogP contribution in [0.4, 0.5) is 0 Å². The molecule has 0 fully saturated rings. The number of carbonyl (C=O) groups excluding carboxylic acids is 1. The molecular weight excluding hydrogens is 439 g/mol. The molecule has 0 aromatic heterocycles. The Bertz CT molecular complexity index is 376. The number of carbonyl (C=O) groups is 1. The molecule has 0 saturated carbocycles. The van der Waals surface area contributed by atoms with Crippen LogP contribution in [0.2, 0.25) is 0 Å². The summed E-state index contributed by atoms with van der Waals surface area (Å²) in [6.07, 6.45) is 34.8. The van der Waals surface area contributed by atoms with Crippen LogP contribution in [0.3, 0.4) is 0 Å². The molecule has 0 unspecified atom stereocenters. The van der Waals surface area contributed by atoms with Gasteiger partial charge in [0.25, 0.3) is 0 Å². The molecule has 0 bridgehead atoms. The van der Waals surface area contributed by atoms with Crippen molar-refractivity contribution in [3.63, 3.8) is 0 Å². The van der Waals surface area contributed by atoms with Crippen molar-refractivity contribution in [1.82, 2.24) is 0 Å². The average molecular weight is 503 g/mol. The normalized spacial score (nSPS) is 12.3. The Kier molecular flexibility index (Phi) is 25.3. The van der Waals surface area contributed by atoms with E-state index in [1.807, 2.05) is 0 Å². The van der Waals surface area contributed by atoms with Crippen LogP contribution in [-0.4, -0.2) is 41.1 Å². The van der Waals surface area contributed by atoms with Crippen LogP contribution in [0, 0.1) is 0 Å². The molecule has 0 rings (SSSR count). The second-order valence-electron chi connectivity index (χ2n) is 10.8. The van der Waals surface area contributed by atoms with Gasteiger partial charge in [-0.15, -0.1) is 0 Å². The molecule has 200 valence electrons. The molecule has 0 amide bonds. The van der Waals surface area contributed by atoms with Gasteiger partial charge < -0.3 is 0 Å². The van der Waals surface area contributed by atoms with E-state index in [2.05, 4.69) is 20.8 Å². The van der Waals surface area contributed by atoms with Gasteiger partial charge in [0.15, 0.2) is 0 Å². The molecule has 0 spiro atoms. The summed E-state index contributed by atoms with van der Waals surface area (Å²) in [5.74, 6) is 0.0386. The first-order valence-corrected chi connectivity index (χ1v) is 18.9. The summed E-state index contributed by atoms with van der Waals surface area (Å²) < 4.78 is 5.03. The van der Waals surface area contributed by atoms with E-state index in [1.54, 1.807) is 18.5 Å². The summed E-state index contributed by atoms with van der Waals surface area (Å²) in [7, 11) is -0.680. The average Bonchev–Trinajstić information content (AvgIpc) is 2.83. The first-order valence-electron chi connectivity index (χ1n) is 15.2. The zero-order valence-corrected chi connectivity index (χ0v) is 26.5. The summed E-state index contributed by atoms with van der Waals surface area (Å²) in [5, 5.41) is 0. The fraction of sp³-hybridized carbons (Fsp3) is 0.966. The number of hydrogen-bond acceptors (Lipinski definition) is 2. The predicted octanol–water partition coefficient (Wildman–Crippen LogP) is 8.81. The van der Waals surface area contributed by atoms with Crippen LogP contribution < -0.4 is 0 Å². The second kappa shape index (κ2) is 25.2. The van der Waals surface area contributed by atoms with E-state index in [0.29, 0.717) is 16.9 Å². The van der Waals surface area contributed by atoms with Gasteiger partial charge in [-0.3, -0.25) is 0 Å².